The number of piperidine rings is 1. The molecule has 2 unspecified atom stereocenters. The molecule has 2 aliphatic rings. The molecule has 0 radical (unpaired) electrons. The lowest BCUT2D eigenvalue weighted by atomic mass is 9.83. The summed E-state index contributed by atoms with van der Waals surface area (Å²) in [4.78, 5) is 32.0. The Bertz CT molecular complexity index is 1110. The average molecular weight is 369 g/mol. The van der Waals surface area contributed by atoms with Crippen molar-refractivity contribution in [2.24, 2.45) is 5.92 Å². The van der Waals surface area contributed by atoms with Crippen molar-refractivity contribution in [1.82, 2.24) is 24.1 Å². The molecular weight excluding hydrogens is 350 g/mol. The zero-order valence-corrected chi connectivity index (χ0v) is 15.3. The molecule has 134 valence electrons. The van der Waals surface area contributed by atoms with Gasteiger partial charge in [-0.2, -0.15) is 9.61 Å². The molecule has 0 saturated carbocycles. The summed E-state index contributed by atoms with van der Waals surface area (Å²) in [5.41, 5.74) is 1.92. The zero-order valence-electron chi connectivity index (χ0n) is 14.5. The van der Waals surface area contributed by atoms with Crippen LogP contribution in [0.5, 0.6) is 0 Å². The van der Waals surface area contributed by atoms with Gasteiger partial charge in [0.25, 0.3) is 11.1 Å². The molecule has 1 fully saturated rings. The standard InChI is InChI=1S/C18H19N5O2S/c1-11-20-23-17(25)6-14(19-18(23)26-11)10-21-7-12-5-13(9-21)15-3-2-4-16(24)22(15)8-12/h2-4,6,12-13H,5,7-10H2,1H3. The minimum Gasteiger partial charge on any atom is -0.312 e. The summed E-state index contributed by atoms with van der Waals surface area (Å²) in [7, 11) is 0. The second-order valence-corrected chi connectivity index (χ2v) is 8.45. The molecular formula is C18H19N5O2S. The van der Waals surface area contributed by atoms with Gasteiger partial charge in [0.05, 0.1) is 5.69 Å². The van der Waals surface area contributed by atoms with Crippen molar-refractivity contribution in [3.63, 3.8) is 0 Å². The minimum atomic E-state index is -0.122. The first-order valence-electron chi connectivity index (χ1n) is 8.85. The Morgan fingerprint density at radius 3 is 2.96 bits per heavy atom. The molecule has 0 amide bonds. The fourth-order valence-electron chi connectivity index (χ4n) is 4.39. The van der Waals surface area contributed by atoms with Gasteiger partial charge < -0.3 is 4.57 Å². The van der Waals surface area contributed by atoms with Crippen LogP contribution in [0.15, 0.2) is 33.9 Å². The van der Waals surface area contributed by atoms with Crippen LogP contribution < -0.4 is 11.1 Å². The topological polar surface area (TPSA) is 72.5 Å². The SMILES string of the molecule is Cc1nn2c(=O)cc(CN3CC4CC(C3)c3cccc(=O)n3C4)nc2s1. The number of rotatable bonds is 2. The van der Waals surface area contributed by atoms with Gasteiger partial charge in [-0.1, -0.05) is 17.4 Å². The summed E-state index contributed by atoms with van der Waals surface area (Å²) in [6.45, 7) is 5.14. The number of pyridine rings is 1. The maximum absolute atomic E-state index is 12.3. The maximum atomic E-state index is 12.3. The first kappa shape index (κ1) is 15.9. The van der Waals surface area contributed by atoms with Crippen molar-refractivity contribution in [3.8, 4) is 0 Å². The molecule has 7 nitrogen and oxygen atoms in total. The summed E-state index contributed by atoms with van der Waals surface area (Å²) in [5, 5.41) is 5.03. The fourth-order valence-corrected chi connectivity index (χ4v) is 5.15. The Morgan fingerprint density at radius 2 is 2.08 bits per heavy atom. The minimum absolute atomic E-state index is 0.103. The lowest BCUT2D eigenvalue weighted by molar-refractivity contribution is 0.113. The predicted molar refractivity (Wildman–Crippen MR) is 98.7 cm³/mol. The number of aromatic nitrogens is 4. The highest BCUT2D eigenvalue weighted by molar-refractivity contribution is 7.16. The van der Waals surface area contributed by atoms with Gasteiger partial charge in [-0.25, -0.2) is 4.98 Å². The first-order valence-corrected chi connectivity index (χ1v) is 9.67. The number of aryl methyl sites for hydroxylation is 1. The Balaban J connectivity index is 1.43. The summed E-state index contributed by atoms with van der Waals surface area (Å²) in [6, 6.07) is 7.17. The van der Waals surface area contributed by atoms with Crippen LogP contribution in [0.4, 0.5) is 0 Å². The number of hydrogen-bond acceptors (Lipinski definition) is 6. The molecule has 0 aromatic carbocycles. The summed E-state index contributed by atoms with van der Waals surface area (Å²) < 4.78 is 3.31. The highest BCUT2D eigenvalue weighted by Gasteiger charge is 2.34. The van der Waals surface area contributed by atoms with Gasteiger partial charge in [-0.3, -0.25) is 14.5 Å². The molecule has 2 bridgehead atoms. The van der Waals surface area contributed by atoms with E-state index in [1.807, 2.05) is 17.6 Å². The third-order valence-corrected chi connectivity index (χ3v) is 6.16. The molecule has 5 heterocycles. The first-order chi connectivity index (χ1) is 12.6. The molecule has 0 spiro atoms. The van der Waals surface area contributed by atoms with Gasteiger partial charge in [-0.15, -0.1) is 0 Å². The highest BCUT2D eigenvalue weighted by atomic mass is 32.1. The molecule has 3 aromatic heterocycles. The monoisotopic (exact) mass is 369 g/mol. The molecule has 5 rings (SSSR count). The Kier molecular flexibility index (Phi) is 3.58. The van der Waals surface area contributed by atoms with E-state index in [4.69, 9.17) is 0 Å². The van der Waals surface area contributed by atoms with E-state index in [0.717, 1.165) is 42.5 Å². The van der Waals surface area contributed by atoms with E-state index in [0.29, 0.717) is 23.3 Å². The summed E-state index contributed by atoms with van der Waals surface area (Å²) in [5.74, 6) is 0.837. The normalized spacial score (nSPS) is 22.5. The van der Waals surface area contributed by atoms with Crippen molar-refractivity contribution in [2.45, 2.75) is 32.4 Å². The van der Waals surface area contributed by atoms with Crippen LogP contribution in [0.3, 0.4) is 0 Å². The van der Waals surface area contributed by atoms with E-state index in [-0.39, 0.29) is 11.1 Å². The van der Waals surface area contributed by atoms with Crippen molar-refractivity contribution in [3.05, 3.63) is 61.4 Å². The Morgan fingerprint density at radius 1 is 1.19 bits per heavy atom. The molecule has 1 saturated heterocycles. The van der Waals surface area contributed by atoms with Crippen molar-refractivity contribution < 1.29 is 0 Å². The van der Waals surface area contributed by atoms with Crippen LogP contribution >= 0.6 is 11.3 Å². The smallest absolute Gasteiger partial charge is 0.275 e. The second-order valence-electron chi connectivity index (χ2n) is 7.29. The van der Waals surface area contributed by atoms with Crippen molar-refractivity contribution in [1.29, 1.82) is 0 Å². The van der Waals surface area contributed by atoms with Crippen LogP contribution in [0.2, 0.25) is 0 Å². The van der Waals surface area contributed by atoms with Gasteiger partial charge in [-0.05, 0) is 25.3 Å². The Labute approximate surface area is 153 Å². The molecule has 0 N–H and O–H groups in total. The molecule has 26 heavy (non-hydrogen) atoms. The number of likely N-dealkylation sites (tertiary alicyclic amines) is 1. The summed E-state index contributed by atoms with van der Waals surface area (Å²) in [6.07, 6.45) is 1.13. The zero-order chi connectivity index (χ0) is 17.8. The van der Waals surface area contributed by atoms with Crippen LogP contribution in [0, 0.1) is 12.8 Å². The number of hydrogen-bond donors (Lipinski definition) is 0. The van der Waals surface area contributed by atoms with Crippen molar-refractivity contribution in [2.75, 3.05) is 13.1 Å². The van der Waals surface area contributed by atoms with E-state index in [2.05, 4.69) is 21.0 Å². The molecule has 2 atom stereocenters. The predicted octanol–water partition coefficient (Wildman–Crippen LogP) is 1.24. The number of nitrogens with zero attached hydrogens (tertiary/aromatic N) is 5. The fraction of sp³-hybridized carbons (Fsp3) is 0.444. The third kappa shape index (κ3) is 2.60. The quantitative estimate of drug-likeness (QED) is 0.680. The summed E-state index contributed by atoms with van der Waals surface area (Å²) >= 11 is 1.44. The lowest BCUT2D eigenvalue weighted by Gasteiger charge is -2.42. The van der Waals surface area contributed by atoms with Gasteiger partial charge >= 0.3 is 0 Å². The van der Waals surface area contributed by atoms with E-state index in [9.17, 15) is 9.59 Å². The molecule has 3 aromatic rings. The van der Waals surface area contributed by atoms with Crippen LogP contribution in [-0.4, -0.2) is 37.2 Å². The second kappa shape index (κ2) is 5.85. The van der Waals surface area contributed by atoms with E-state index in [1.54, 1.807) is 12.1 Å². The lowest BCUT2D eigenvalue weighted by Crippen LogP contribution is -2.46. The van der Waals surface area contributed by atoms with Crippen LogP contribution in [0.1, 0.15) is 28.7 Å². The third-order valence-electron chi connectivity index (χ3n) is 5.34. The van der Waals surface area contributed by atoms with Crippen LogP contribution in [0.25, 0.3) is 4.96 Å². The van der Waals surface area contributed by atoms with Gasteiger partial charge in [0.1, 0.15) is 5.01 Å². The number of fused-ring (bicyclic) bond motifs is 5. The largest absolute Gasteiger partial charge is 0.312 e. The molecule has 8 heteroatoms. The van der Waals surface area contributed by atoms with E-state index in [1.165, 1.54) is 15.9 Å². The van der Waals surface area contributed by atoms with E-state index >= 15 is 0 Å². The maximum Gasteiger partial charge on any atom is 0.275 e. The van der Waals surface area contributed by atoms with Gasteiger partial charge in [0.2, 0.25) is 4.96 Å². The molecule has 0 aliphatic carbocycles. The van der Waals surface area contributed by atoms with Crippen LogP contribution in [-0.2, 0) is 13.1 Å². The highest BCUT2D eigenvalue weighted by Crippen LogP contribution is 2.35. The van der Waals surface area contributed by atoms with Gasteiger partial charge in [0, 0.05) is 49.9 Å². The van der Waals surface area contributed by atoms with E-state index < -0.39 is 0 Å². The van der Waals surface area contributed by atoms with Crippen molar-refractivity contribution >= 4 is 16.3 Å². The molecule has 2 aliphatic heterocycles. The van der Waals surface area contributed by atoms with Gasteiger partial charge in [0.15, 0.2) is 0 Å². The Hall–Kier alpha value is -2.32. The average Bonchev–Trinajstić information content (AvgIpc) is 2.97.